The summed E-state index contributed by atoms with van der Waals surface area (Å²) in [5.74, 6) is 0.360. The second kappa shape index (κ2) is 7.88. The number of nitrogens with two attached hydrogens (primary N) is 1. The standard InChI is InChI=1S/C20H19N3O2/c21-15-10-12-17(13-11-15)25-14-20(24)23-19-9-5-4-8-18(19)22-16-6-2-1-3-7-16/h1-13,22H,14,21H2,(H,23,24). The molecule has 5 nitrogen and oxygen atoms in total. The van der Waals surface area contributed by atoms with Crippen LogP contribution in [0.3, 0.4) is 0 Å². The summed E-state index contributed by atoms with van der Waals surface area (Å²) in [6, 6.07) is 24.2. The Bertz CT molecular complexity index is 833. The zero-order chi connectivity index (χ0) is 17.5. The molecule has 4 N–H and O–H groups in total. The number of rotatable bonds is 6. The van der Waals surface area contributed by atoms with Gasteiger partial charge in [0.15, 0.2) is 6.61 Å². The second-order valence-corrected chi connectivity index (χ2v) is 5.44. The third-order valence-electron chi connectivity index (χ3n) is 3.50. The third kappa shape index (κ3) is 4.75. The normalized spacial score (nSPS) is 10.1. The quantitative estimate of drug-likeness (QED) is 0.595. The van der Waals surface area contributed by atoms with Gasteiger partial charge in [-0.15, -0.1) is 0 Å². The average molecular weight is 333 g/mol. The molecule has 3 aromatic carbocycles. The summed E-state index contributed by atoms with van der Waals surface area (Å²) in [6.07, 6.45) is 0. The highest BCUT2D eigenvalue weighted by molar-refractivity contribution is 5.95. The summed E-state index contributed by atoms with van der Waals surface area (Å²) in [5, 5.41) is 6.15. The lowest BCUT2D eigenvalue weighted by Crippen LogP contribution is -2.20. The van der Waals surface area contributed by atoms with Crippen molar-refractivity contribution in [3.8, 4) is 5.75 Å². The molecular weight excluding hydrogens is 314 g/mol. The van der Waals surface area contributed by atoms with Crippen molar-refractivity contribution in [2.75, 3.05) is 23.0 Å². The van der Waals surface area contributed by atoms with Gasteiger partial charge in [-0.1, -0.05) is 30.3 Å². The van der Waals surface area contributed by atoms with Gasteiger partial charge in [0.05, 0.1) is 11.4 Å². The van der Waals surface area contributed by atoms with E-state index in [0.717, 1.165) is 11.4 Å². The lowest BCUT2D eigenvalue weighted by Gasteiger charge is -2.13. The van der Waals surface area contributed by atoms with E-state index in [9.17, 15) is 4.79 Å². The van der Waals surface area contributed by atoms with Gasteiger partial charge >= 0.3 is 0 Å². The maximum Gasteiger partial charge on any atom is 0.262 e. The number of benzene rings is 3. The van der Waals surface area contributed by atoms with Crippen LogP contribution < -0.4 is 21.1 Å². The van der Waals surface area contributed by atoms with Crippen molar-refractivity contribution in [3.63, 3.8) is 0 Å². The van der Waals surface area contributed by atoms with Gasteiger partial charge in [0.25, 0.3) is 5.91 Å². The number of anilines is 4. The average Bonchev–Trinajstić information content (AvgIpc) is 2.64. The molecule has 0 unspecified atom stereocenters. The maximum absolute atomic E-state index is 12.2. The predicted octanol–water partition coefficient (Wildman–Crippen LogP) is 4.03. The SMILES string of the molecule is Nc1ccc(OCC(=O)Nc2ccccc2Nc2ccccc2)cc1. The maximum atomic E-state index is 12.2. The van der Waals surface area contributed by atoms with Gasteiger partial charge in [0.2, 0.25) is 0 Å². The van der Waals surface area contributed by atoms with E-state index < -0.39 is 0 Å². The van der Waals surface area contributed by atoms with Gasteiger partial charge in [-0.05, 0) is 48.5 Å². The number of amides is 1. The molecule has 5 heteroatoms. The van der Waals surface area contributed by atoms with Crippen molar-refractivity contribution in [2.24, 2.45) is 0 Å². The molecule has 0 saturated heterocycles. The van der Waals surface area contributed by atoms with Crippen LogP contribution >= 0.6 is 0 Å². The van der Waals surface area contributed by atoms with E-state index in [1.165, 1.54) is 0 Å². The van der Waals surface area contributed by atoms with E-state index in [1.807, 2.05) is 54.6 Å². The van der Waals surface area contributed by atoms with Crippen LogP contribution in [0.5, 0.6) is 5.75 Å². The molecule has 25 heavy (non-hydrogen) atoms. The fourth-order valence-electron chi connectivity index (χ4n) is 2.28. The first-order valence-electron chi connectivity index (χ1n) is 7.90. The van der Waals surface area contributed by atoms with Crippen LogP contribution in [0.1, 0.15) is 0 Å². The number of hydrogen-bond donors (Lipinski definition) is 3. The molecule has 0 saturated carbocycles. The number of carbonyl (C=O) groups excluding carboxylic acids is 1. The summed E-state index contributed by atoms with van der Waals surface area (Å²) in [7, 11) is 0. The molecule has 1 amide bonds. The van der Waals surface area contributed by atoms with Crippen LogP contribution in [0.25, 0.3) is 0 Å². The minimum Gasteiger partial charge on any atom is -0.484 e. The van der Waals surface area contributed by atoms with Gasteiger partial charge in [-0.3, -0.25) is 4.79 Å². The highest BCUT2D eigenvalue weighted by Crippen LogP contribution is 2.25. The Morgan fingerprint density at radius 2 is 1.48 bits per heavy atom. The Morgan fingerprint density at radius 3 is 2.20 bits per heavy atom. The van der Waals surface area contributed by atoms with E-state index in [4.69, 9.17) is 10.5 Å². The first kappa shape index (κ1) is 16.4. The molecule has 0 spiro atoms. The Balaban J connectivity index is 1.62. The minimum atomic E-state index is -0.237. The van der Waals surface area contributed by atoms with Gasteiger partial charge in [-0.2, -0.15) is 0 Å². The summed E-state index contributed by atoms with van der Waals surface area (Å²) in [4.78, 5) is 12.2. The van der Waals surface area contributed by atoms with E-state index >= 15 is 0 Å². The minimum absolute atomic E-state index is 0.0798. The highest BCUT2D eigenvalue weighted by Gasteiger charge is 2.08. The monoisotopic (exact) mass is 333 g/mol. The van der Waals surface area contributed by atoms with Crippen molar-refractivity contribution in [1.29, 1.82) is 0 Å². The molecule has 0 aliphatic rings. The lowest BCUT2D eigenvalue weighted by atomic mass is 10.2. The Kier molecular flexibility index (Phi) is 5.16. The molecule has 0 aromatic heterocycles. The van der Waals surface area contributed by atoms with E-state index in [1.54, 1.807) is 24.3 Å². The lowest BCUT2D eigenvalue weighted by molar-refractivity contribution is -0.118. The molecular formula is C20H19N3O2. The summed E-state index contributed by atoms with van der Waals surface area (Å²) in [5.41, 5.74) is 8.73. The van der Waals surface area contributed by atoms with Crippen LogP contribution in [0.15, 0.2) is 78.9 Å². The number of hydrogen-bond acceptors (Lipinski definition) is 4. The largest absolute Gasteiger partial charge is 0.484 e. The van der Waals surface area contributed by atoms with Crippen LogP contribution in [0, 0.1) is 0 Å². The first-order chi connectivity index (χ1) is 12.2. The Morgan fingerprint density at radius 1 is 0.840 bits per heavy atom. The number of nitrogen functional groups attached to an aromatic ring is 1. The fourth-order valence-corrected chi connectivity index (χ4v) is 2.28. The number of para-hydroxylation sites is 3. The first-order valence-corrected chi connectivity index (χ1v) is 7.90. The molecule has 0 bridgehead atoms. The molecule has 0 heterocycles. The number of nitrogens with one attached hydrogen (secondary N) is 2. The van der Waals surface area contributed by atoms with Crippen LogP contribution in [0.4, 0.5) is 22.7 Å². The molecule has 0 aliphatic carbocycles. The van der Waals surface area contributed by atoms with Crippen molar-refractivity contribution >= 4 is 28.7 Å². The molecule has 0 fully saturated rings. The van der Waals surface area contributed by atoms with Crippen LogP contribution in [-0.2, 0) is 4.79 Å². The number of carbonyl (C=O) groups is 1. The topological polar surface area (TPSA) is 76.4 Å². The van der Waals surface area contributed by atoms with E-state index in [2.05, 4.69) is 10.6 Å². The van der Waals surface area contributed by atoms with Crippen LogP contribution in [-0.4, -0.2) is 12.5 Å². The van der Waals surface area contributed by atoms with Crippen molar-refractivity contribution in [3.05, 3.63) is 78.9 Å². The second-order valence-electron chi connectivity index (χ2n) is 5.44. The number of ether oxygens (including phenoxy) is 1. The Labute approximate surface area is 146 Å². The predicted molar refractivity (Wildman–Crippen MR) is 101 cm³/mol. The van der Waals surface area contributed by atoms with Crippen molar-refractivity contribution < 1.29 is 9.53 Å². The van der Waals surface area contributed by atoms with E-state index in [-0.39, 0.29) is 12.5 Å². The van der Waals surface area contributed by atoms with Crippen LogP contribution in [0.2, 0.25) is 0 Å². The molecule has 3 rings (SSSR count). The zero-order valence-corrected chi connectivity index (χ0v) is 13.6. The molecule has 3 aromatic rings. The van der Waals surface area contributed by atoms with E-state index in [0.29, 0.717) is 17.1 Å². The zero-order valence-electron chi connectivity index (χ0n) is 13.6. The smallest absolute Gasteiger partial charge is 0.262 e. The molecule has 0 radical (unpaired) electrons. The van der Waals surface area contributed by atoms with Crippen molar-refractivity contribution in [1.82, 2.24) is 0 Å². The third-order valence-corrected chi connectivity index (χ3v) is 3.50. The van der Waals surface area contributed by atoms with Crippen molar-refractivity contribution in [2.45, 2.75) is 0 Å². The molecule has 0 atom stereocenters. The van der Waals surface area contributed by atoms with Gasteiger partial charge in [0.1, 0.15) is 5.75 Å². The Hall–Kier alpha value is -3.47. The van der Waals surface area contributed by atoms with Gasteiger partial charge in [0, 0.05) is 11.4 Å². The summed E-state index contributed by atoms with van der Waals surface area (Å²) in [6.45, 7) is -0.0798. The summed E-state index contributed by atoms with van der Waals surface area (Å²) < 4.78 is 5.47. The highest BCUT2D eigenvalue weighted by atomic mass is 16.5. The summed E-state index contributed by atoms with van der Waals surface area (Å²) >= 11 is 0. The molecule has 0 aliphatic heterocycles. The fraction of sp³-hybridized carbons (Fsp3) is 0.0500. The van der Waals surface area contributed by atoms with Gasteiger partial charge in [-0.25, -0.2) is 0 Å². The van der Waals surface area contributed by atoms with Gasteiger partial charge < -0.3 is 21.1 Å². The molecule has 126 valence electrons.